The van der Waals surface area contributed by atoms with Gasteiger partial charge in [0, 0.05) is 38.7 Å². The average Bonchev–Trinajstić information content (AvgIpc) is 2.31. The molecule has 14 N–H and O–H groups in total. The lowest BCUT2D eigenvalue weighted by Gasteiger charge is -2.53. The normalized spacial score (nSPS) is 46.3. The number of rotatable bonds is 20. The maximum atomic E-state index is 13.6. The first-order chi connectivity index (χ1) is 40.4. The predicted octanol–water partition coefficient (Wildman–Crippen LogP) is -5.17. The van der Waals surface area contributed by atoms with Crippen LogP contribution in [0.5, 0.6) is 0 Å². The molecule has 14 unspecified atom stereocenters. The quantitative estimate of drug-likeness (QED) is 0.0235. The molecule has 0 aromatic heterocycles. The van der Waals surface area contributed by atoms with Crippen LogP contribution in [0.25, 0.3) is 0 Å². The molecule has 30 heteroatoms. The standard InChI is InChI=1S/C55H84O30/c1-74-34-12-23(13-35(75-2)44(34)68)5-10-41(65)84-51-43(67)31(61)19-78-54(51)85-52-48(72)46(70)38(20-76-40(64)9-4-22-3-7-27(57)29(59)11-22)83-55(52)81-36-17-26-32(79-50(36)24-6-8-28(58)30(60)14-24)15-25(56)16-33(26)80-53-49(73)47(71)45(69)37(82-53)21-77-42(66)18-39(62)63/h4-5,9-10,22-38,43-61,67-73H,3,6-8,11-21H2,1-2H3,(H,62,63)/t22?,23?,24?,25?,26?,27?,28?,29?,30?,31-,32?,33?,34?,35?,36?,37-,38-,43+,44?,45-,46-,47+,48+,49-,50?,51-,52-,53-,54+,55-/m1/s1. The highest BCUT2D eigenvalue weighted by atomic mass is 16.8. The van der Waals surface area contributed by atoms with Gasteiger partial charge in [-0.2, -0.15) is 0 Å². The molecule has 4 heterocycles. The maximum Gasteiger partial charge on any atom is 0.330 e. The van der Waals surface area contributed by atoms with E-state index in [9.17, 15) is 85.6 Å². The summed E-state index contributed by atoms with van der Waals surface area (Å²) in [5, 5.41) is 151. The summed E-state index contributed by atoms with van der Waals surface area (Å²) in [6, 6.07) is 0. The molecule has 4 aliphatic carbocycles. The molecule has 85 heavy (non-hydrogen) atoms. The van der Waals surface area contributed by atoms with Crippen LogP contribution in [0.2, 0.25) is 0 Å². The summed E-state index contributed by atoms with van der Waals surface area (Å²) >= 11 is 0. The Hall–Kier alpha value is -3.52. The van der Waals surface area contributed by atoms with Crippen molar-refractivity contribution in [2.75, 3.05) is 34.0 Å². The largest absolute Gasteiger partial charge is 0.481 e. The zero-order chi connectivity index (χ0) is 61.6. The summed E-state index contributed by atoms with van der Waals surface area (Å²) in [5.41, 5.74) is 0. The SMILES string of the molecule is COC1CC(C=CC(=O)O[C@H]2[C@H](O[C@H]3[C@H](OC4CC5C(CC(O)CC5O[C@@H]5O[C@H](COC(=O)CC(=O)O)[C@@H](O)[C@H](O)[C@H]5O)OC4C4CCC(O)C(O)C4)O[C@H](COC(=O)C=CC4CCC(O)C(O)C4)[C@@H](O)[C@@H]3O)OC[C@@H](O)[C@@H]2O)CC(OC)C1O. The minimum absolute atomic E-state index is 0.0125. The number of fused-ring (bicyclic) bond motifs is 1. The third-order valence-corrected chi connectivity index (χ3v) is 17.7. The first-order valence-electron chi connectivity index (χ1n) is 29.0. The molecule has 0 aromatic carbocycles. The van der Waals surface area contributed by atoms with Gasteiger partial charge in [0.05, 0.1) is 73.8 Å². The lowest BCUT2D eigenvalue weighted by atomic mass is 9.72. The van der Waals surface area contributed by atoms with Crippen molar-refractivity contribution in [1.82, 2.24) is 0 Å². The van der Waals surface area contributed by atoms with E-state index in [-0.39, 0.29) is 56.8 Å². The van der Waals surface area contributed by atoms with Crippen molar-refractivity contribution in [3.05, 3.63) is 24.3 Å². The molecule has 0 aromatic rings. The highest BCUT2D eigenvalue weighted by Gasteiger charge is 2.56. The molecular formula is C55H84O30. The molecule has 4 aliphatic heterocycles. The topological polar surface area (TPSA) is 462 Å². The molecule has 8 fully saturated rings. The number of allylic oxidation sites excluding steroid dienone is 2. The minimum atomic E-state index is -2.05. The van der Waals surface area contributed by atoms with Gasteiger partial charge in [-0.3, -0.25) is 9.59 Å². The molecule has 8 rings (SSSR count). The van der Waals surface area contributed by atoms with Gasteiger partial charge in [-0.25, -0.2) is 9.59 Å². The summed E-state index contributed by atoms with van der Waals surface area (Å²) in [6.07, 6.45) is -31.5. The van der Waals surface area contributed by atoms with Crippen molar-refractivity contribution in [1.29, 1.82) is 0 Å². The van der Waals surface area contributed by atoms with Crippen LogP contribution in [0.1, 0.15) is 77.0 Å². The Kier molecular flexibility index (Phi) is 24.1. The molecule has 0 spiro atoms. The molecule has 484 valence electrons. The van der Waals surface area contributed by atoms with Crippen molar-refractivity contribution in [2.24, 2.45) is 23.7 Å². The van der Waals surface area contributed by atoms with Crippen molar-refractivity contribution in [3.63, 3.8) is 0 Å². The molecule has 30 nitrogen and oxygen atoms in total. The number of carbonyl (C=O) groups excluding carboxylic acids is 3. The Morgan fingerprint density at radius 3 is 1.76 bits per heavy atom. The minimum Gasteiger partial charge on any atom is -0.481 e. The van der Waals surface area contributed by atoms with E-state index >= 15 is 0 Å². The van der Waals surface area contributed by atoms with Crippen LogP contribution < -0.4 is 0 Å². The van der Waals surface area contributed by atoms with E-state index in [1.54, 1.807) is 0 Å². The maximum absolute atomic E-state index is 13.6. The smallest absolute Gasteiger partial charge is 0.330 e. The van der Waals surface area contributed by atoms with E-state index in [0.29, 0.717) is 25.7 Å². The van der Waals surface area contributed by atoms with Crippen molar-refractivity contribution < 1.29 is 148 Å². The fraction of sp³-hybridized carbons (Fsp3) is 0.855. The number of hydrogen-bond acceptors (Lipinski definition) is 29. The van der Waals surface area contributed by atoms with Gasteiger partial charge in [0.1, 0.15) is 86.8 Å². The predicted molar refractivity (Wildman–Crippen MR) is 277 cm³/mol. The number of carbonyl (C=O) groups is 4. The first-order valence-corrected chi connectivity index (χ1v) is 29.0. The van der Waals surface area contributed by atoms with Gasteiger partial charge < -0.3 is 128 Å². The molecule has 28 atom stereocenters. The van der Waals surface area contributed by atoms with Gasteiger partial charge >= 0.3 is 23.9 Å². The summed E-state index contributed by atoms with van der Waals surface area (Å²) in [5.74, 6) is -6.67. The second-order valence-corrected chi connectivity index (χ2v) is 23.6. The van der Waals surface area contributed by atoms with E-state index in [4.69, 9.17) is 61.9 Å². The lowest BCUT2D eigenvalue weighted by Crippen LogP contribution is -2.65. The summed E-state index contributed by atoms with van der Waals surface area (Å²) in [4.78, 5) is 49.9. The monoisotopic (exact) mass is 1220 g/mol. The Morgan fingerprint density at radius 1 is 0.494 bits per heavy atom. The molecule has 0 radical (unpaired) electrons. The molecule has 4 saturated heterocycles. The molecule has 0 amide bonds. The average molecular weight is 1230 g/mol. The molecule has 0 bridgehead atoms. The first kappa shape index (κ1) is 67.4. The van der Waals surface area contributed by atoms with Crippen molar-refractivity contribution in [2.45, 2.75) is 236 Å². The van der Waals surface area contributed by atoms with E-state index in [2.05, 4.69) is 0 Å². The van der Waals surface area contributed by atoms with E-state index in [0.717, 1.165) is 12.2 Å². The fourth-order valence-corrected chi connectivity index (χ4v) is 12.9. The third kappa shape index (κ3) is 16.9. The van der Waals surface area contributed by atoms with Gasteiger partial charge in [-0.15, -0.1) is 0 Å². The highest BCUT2D eigenvalue weighted by Crippen LogP contribution is 2.46. The van der Waals surface area contributed by atoms with Gasteiger partial charge in [0.25, 0.3) is 0 Å². The van der Waals surface area contributed by atoms with Gasteiger partial charge in [-0.05, 0) is 82.0 Å². The molecule has 4 saturated carbocycles. The van der Waals surface area contributed by atoms with Crippen LogP contribution in [0.15, 0.2) is 24.3 Å². The summed E-state index contributed by atoms with van der Waals surface area (Å²) < 4.78 is 71.2. The number of aliphatic hydroxyl groups excluding tert-OH is 13. The van der Waals surface area contributed by atoms with Crippen LogP contribution in [0.3, 0.4) is 0 Å². The van der Waals surface area contributed by atoms with Crippen LogP contribution in [0.4, 0.5) is 0 Å². The second kappa shape index (κ2) is 30.3. The van der Waals surface area contributed by atoms with Gasteiger partial charge in [0.15, 0.2) is 25.0 Å². The Labute approximate surface area is 488 Å². The van der Waals surface area contributed by atoms with Crippen molar-refractivity contribution >= 4 is 23.9 Å². The number of carboxylic acid groups (broad SMARTS) is 1. The zero-order valence-electron chi connectivity index (χ0n) is 47.0. The second-order valence-electron chi connectivity index (χ2n) is 23.6. The number of carboxylic acids is 1. The molecule has 8 aliphatic rings. The summed E-state index contributed by atoms with van der Waals surface area (Å²) in [7, 11) is 2.84. The number of ether oxygens (including phenoxy) is 12. The Morgan fingerprint density at radius 2 is 1.11 bits per heavy atom. The van der Waals surface area contributed by atoms with E-state index in [1.165, 1.54) is 26.4 Å². The number of hydrogen-bond donors (Lipinski definition) is 14. The van der Waals surface area contributed by atoms with Crippen LogP contribution >= 0.6 is 0 Å². The zero-order valence-corrected chi connectivity index (χ0v) is 47.0. The number of aliphatic carboxylic acids is 1. The number of aliphatic hydroxyl groups is 13. The van der Waals surface area contributed by atoms with Gasteiger partial charge in [-0.1, -0.05) is 12.2 Å². The fourth-order valence-electron chi connectivity index (χ4n) is 12.9. The highest BCUT2D eigenvalue weighted by molar-refractivity contribution is 5.90. The lowest BCUT2D eigenvalue weighted by molar-refractivity contribution is -0.373. The van der Waals surface area contributed by atoms with Crippen molar-refractivity contribution in [3.8, 4) is 0 Å². The van der Waals surface area contributed by atoms with E-state index < -0.39 is 221 Å². The number of esters is 3. The van der Waals surface area contributed by atoms with Crippen LogP contribution in [-0.2, 0) is 76.0 Å². The molecular weight excluding hydrogens is 1140 g/mol. The Bertz CT molecular complexity index is 2230. The Balaban J connectivity index is 1.06. The summed E-state index contributed by atoms with van der Waals surface area (Å²) in [6.45, 7) is -2.08. The third-order valence-electron chi connectivity index (χ3n) is 17.7. The van der Waals surface area contributed by atoms with Crippen LogP contribution in [0, 0.1) is 23.7 Å². The van der Waals surface area contributed by atoms with E-state index in [1.807, 2.05) is 0 Å². The van der Waals surface area contributed by atoms with Gasteiger partial charge in [0.2, 0.25) is 0 Å². The van der Waals surface area contributed by atoms with Crippen LogP contribution in [-0.4, -0.2) is 289 Å². The number of methoxy groups -OCH3 is 2.